The summed E-state index contributed by atoms with van der Waals surface area (Å²) in [7, 11) is -5.24. The van der Waals surface area contributed by atoms with Crippen molar-refractivity contribution < 1.29 is 27.6 Å². The van der Waals surface area contributed by atoms with Crippen molar-refractivity contribution in [3.05, 3.63) is 114 Å². The van der Waals surface area contributed by atoms with E-state index in [4.69, 9.17) is 15.1 Å². The van der Waals surface area contributed by atoms with Crippen molar-refractivity contribution in [3.8, 4) is 28.4 Å². The van der Waals surface area contributed by atoms with E-state index < -0.39 is 70.7 Å². The predicted molar refractivity (Wildman–Crippen MR) is 127 cm³/mol. The van der Waals surface area contributed by atoms with Crippen molar-refractivity contribution in [2.75, 3.05) is 0 Å². The summed E-state index contributed by atoms with van der Waals surface area (Å²) < 4.78 is 31.7. The molecule has 0 bridgehead atoms. The molecule has 0 spiro atoms. The molecule has 0 saturated carbocycles. The van der Waals surface area contributed by atoms with Crippen LogP contribution in [0.25, 0.3) is 21.7 Å². The van der Waals surface area contributed by atoms with Crippen LogP contribution in [-0.2, 0) is 10.1 Å². The van der Waals surface area contributed by atoms with E-state index in [2.05, 4.69) is 20.5 Å². The first kappa shape index (κ1) is 25.5. The molecule has 2 N–H and O–H groups in total. The van der Waals surface area contributed by atoms with Crippen molar-refractivity contribution in [2.24, 2.45) is 15.4 Å². The van der Waals surface area contributed by atoms with Crippen LogP contribution >= 0.6 is 0 Å². The van der Waals surface area contributed by atoms with E-state index >= 15 is 0 Å². The molecule has 2 aromatic carbocycles. The van der Waals surface area contributed by atoms with Crippen LogP contribution < -0.4 is 25.8 Å². The van der Waals surface area contributed by atoms with Crippen LogP contribution in [0.2, 0.25) is 0 Å². The normalized spacial score (nSPS) is 12.3. The molecular weight excluding hydrogens is 520 g/mol. The standard InChI is InChI=1S/C23H11N6O8S/c24-28-26-14-8-4-7-12-16(14)23(17(27-29-25)22(34)19(12)31)38(35,36)37-15-10-9-13(20(32)21(15)33)18(30)11-5-2-1-3-6-11/h1-10,24H/q-1/p+1. The number of phenols is 2. The molecule has 15 heteroatoms. The molecular formula is C23H12N6O8S. The SMILES string of the molecule is N#[N+]N=c1cccc2c(=O)c(=O)c(=NN=[N-])c(S(=O)(=O)Oc3ccc(C(=O)c4ccccc4)c(O)c3O)c1-2. The molecule has 0 heterocycles. The molecule has 188 valence electrons. The van der Waals surface area contributed by atoms with Crippen LogP contribution in [0.15, 0.2) is 90.6 Å². The van der Waals surface area contributed by atoms with Crippen molar-refractivity contribution in [2.45, 2.75) is 4.90 Å². The summed E-state index contributed by atoms with van der Waals surface area (Å²) in [6.45, 7) is 0. The summed E-state index contributed by atoms with van der Waals surface area (Å²) >= 11 is 0. The minimum atomic E-state index is -5.24. The summed E-state index contributed by atoms with van der Waals surface area (Å²) in [5, 5.41) is 39.6. The van der Waals surface area contributed by atoms with Crippen LogP contribution in [0.5, 0.6) is 17.2 Å². The third-order valence-corrected chi connectivity index (χ3v) is 6.59. The number of ketones is 1. The van der Waals surface area contributed by atoms with Gasteiger partial charge in [0.05, 0.1) is 5.56 Å². The molecule has 0 saturated heterocycles. The average molecular weight is 532 g/mol. The lowest BCUT2D eigenvalue weighted by Gasteiger charge is -2.15. The molecule has 0 aliphatic heterocycles. The smallest absolute Gasteiger partial charge is 0.340 e. The van der Waals surface area contributed by atoms with Gasteiger partial charge in [0.1, 0.15) is 4.90 Å². The van der Waals surface area contributed by atoms with Gasteiger partial charge in [-0.1, -0.05) is 42.5 Å². The Morgan fingerprint density at radius 3 is 2.32 bits per heavy atom. The molecule has 14 nitrogen and oxygen atoms in total. The van der Waals surface area contributed by atoms with Gasteiger partial charge in [-0.05, 0) is 18.2 Å². The van der Waals surface area contributed by atoms with Crippen molar-refractivity contribution in [3.63, 3.8) is 0 Å². The summed E-state index contributed by atoms with van der Waals surface area (Å²) in [6.07, 6.45) is 0. The molecule has 4 rings (SSSR count). The van der Waals surface area contributed by atoms with E-state index in [1.165, 1.54) is 18.2 Å². The Morgan fingerprint density at radius 2 is 1.66 bits per heavy atom. The number of diazo groups is 1. The lowest BCUT2D eigenvalue weighted by molar-refractivity contribution is 0.103. The topological polar surface area (TPSA) is 223 Å². The van der Waals surface area contributed by atoms with Crippen LogP contribution in [0.1, 0.15) is 15.9 Å². The number of phenolic OH excluding ortho intramolecular Hbond substituents is 2. The maximum absolute atomic E-state index is 13.4. The monoisotopic (exact) mass is 532 g/mol. The second-order valence-electron chi connectivity index (χ2n) is 7.46. The van der Waals surface area contributed by atoms with Crippen molar-refractivity contribution >= 4 is 15.9 Å². The number of nitrogens with zero attached hydrogens (tertiary/aromatic N) is 6. The Kier molecular flexibility index (Phi) is 6.56. The molecule has 0 aromatic heterocycles. The fourth-order valence-electron chi connectivity index (χ4n) is 3.65. The van der Waals surface area contributed by atoms with Crippen LogP contribution in [0.4, 0.5) is 0 Å². The van der Waals surface area contributed by atoms with Gasteiger partial charge in [0.25, 0.3) is 5.39 Å². The van der Waals surface area contributed by atoms with Crippen LogP contribution in [0, 0.1) is 5.39 Å². The second-order valence-corrected chi connectivity index (χ2v) is 8.94. The summed E-state index contributed by atoms with van der Waals surface area (Å²) in [5.74, 6) is -3.69. The van der Waals surface area contributed by atoms with Gasteiger partial charge in [-0.25, -0.2) is 0 Å². The lowest BCUT2D eigenvalue weighted by atomic mass is 10.0. The zero-order chi connectivity index (χ0) is 27.6. The minimum Gasteiger partial charge on any atom is -0.504 e. The van der Waals surface area contributed by atoms with E-state index in [-0.39, 0.29) is 11.1 Å². The lowest BCUT2D eigenvalue weighted by Crippen LogP contribution is -2.45. The van der Waals surface area contributed by atoms with Gasteiger partial charge in [-0.15, -0.1) is 0 Å². The van der Waals surface area contributed by atoms with Gasteiger partial charge in [0.2, 0.25) is 16.6 Å². The number of carbonyl (C=O) groups is 1. The van der Waals surface area contributed by atoms with E-state index in [1.807, 2.05) is 0 Å². The van der Waals surface area contributed by atoms with Crippen LogP contribution in [0.3, 0.4) is 0 Å². The van der Waals surface area contributed by atoms with Crippen LogP contribution in [-0.4, -0.2) is 24.4 Å². The third kappa shape index (κ3) is 4.27. The third-order valence-electron chi connectivity index (χ3n) is 5.29. The van der Waals surface area contributed by atoms with Crippen molar-refractivity contribution in [1.29, 1.82) is 5.39 Å². The highest BCUT2D eigenvalue weighted by Gasteiger charge is 2.31. The zero-order valence-corrected chi connectivity index (χ0v) is 19.5. The Labute approximate surface area is 211 Å². The second kappa shape index (κ2) is 9.79. The Balaban J connectivity index is 1.95. The largest absolute Gasteiger partial charge is 0.504 e. The van der Waals surface area contributed by atoms with E-state index in [1.54, 1.807) is 18.2 Å². The van der Waals surface area contributed by atoms with Gasteiger partial charge in [0.15, 0.2) is 27.7 Å². The van der Waals surface area contributed by atoms with Gasteiger partial charge >= 0.3 is 15.2 Å². The van der Waals surface area contributed by atoms with Gasteiger partial charge in [0, 0.05) is 22.0 Å². The van der Waals surface area contributed by atoms with Crippen molar-refractivity contribution in [1.82, 2.24) is 0 Å². The highest BCUT2D eigenvalue weighted by Crippen LogP contribution is 2.40. The van der Waals surface area contributed by atoms with E-state index in [0.29, 0.717) is 0 Å². The van der Waals surface area contributed by atoms with Gasteiger partial charge in [-0.2, -0.15) is 8.42 Å². The molecule has 2 aliphatic carbocycles. The quantitative estimate of drug-likeness (QED) is 0.0693. The van der Waals surface area contributed by atoms with Gasteiger partial charge < -0.3 is 25.0 Å². The Hall–Kier alpha value is -5.62. The fraction of sp³-hybridized carbons (Fsp3) is 0. The number of carbonyl (C=O) groups excluding carboxylic acids is 1. The predicted octanol–water partition coefficient (Wildman–Crippen LogP) is 1.30. The first-order valence-electron chi connectivity index (χ1n) is 10.3. The molecule has 0 fully saturated rings. The highest BCUT2D eigenvalue weighted by atomic mass is 32.2. The molecule has 38 heavy (non-hydrogen) atoms. The first-order valence-corrected chi connectivity index (χ1v) is 11.7. The number of hydrogen-bond acceptors (Lipinski definition) is 11. The van der Waals surface area contributed by atoms with E-state index in [0.717, 1.165) is 24.3 Å². The molecule has 0 atom stereocenters. The summed E-state index contributed by atoms with van der Waals surface area (Å²) in [4.78, 5) is 36.8. The average Bonchev–Trinajstić information content (AvgIpc) is 2.90. The molecule has 2 aromatic rings. The molecule has 0 unspecified atom stereocenters. The number of hydrogen-bond donors (Lipinski definition) is 2. The maximum Gasteiger partial charge on any atom is 0.340 e. The first-order chi connectivity index (χ1) is 18.1. The zero-order valence-electron chi connectivity index (χ0n) is 18.7. The maximum atomic E-state index is 13.4. The van der Waals surface area contributed by atoms with Gasteiger partial charge in [-0.3, -0.25) is 19.6 Å². The molecule has 0 radical (unpaired) electrons. The highest BCUT2D eigenvalue weighted by molar-refractivity contribution is 7.87. The summed E-state index contributed by atoms with van der Waals surface area (Å²) in [6, 6.07) is 13.0. The molecule has 0 amide bonds. The number of rotatable bonds is 6. The Bertz CT molecular complexity index is 1980. The summed E-state index contributed by atoms with van der Waals surface area (Å²) in [5.41, 5.74) is 4.94. The number of fused-ring (bicyclic) bond motifs is 1. The van der Waals surface area contributed by atoms with E-state index in [9.17, 15) is 33.0 Å². The minimum absolute atomic E-state index is 0.167. The number of aromatic hydroxyl groups is 2. The fourth-order valence-corrected chi connectivity index (χ4v) is 4.94. The Morgan fingerprint density at radius 1 is 0.947 bits per heavy atom. The number of benzene rings is 4. The molecule has 2 aliphatic rings.